The van der Waals surface area contributed by atoms with Gasteiger partial charge in [0, 0.05) is 24.3 Å². The van der Waals surface area contributed by atoms with E-state index in [1.54, 1.807) is 11.9 Å². The van der Waals surface area contributed by atoms with Gasteiger partial charge in [-0.3, -0.25) is 4.79 Å². The van der Waals surface area contributed by atoms with Gasteiger partial charge in [0.25, 0.3) is 5.56 Å². The lowest BCUT2D eigenvalue weighted by atomic mass is 10.3. The van der Waals surface area contributed by atoms with Gasteiger partial charge in [-0.1, -0.05) is 11.6 Å². The maximum absolute atomic E-state index is 12.6. The van der Waals surface area contributed by atoms with Gasteiger partial charge in [-0.25, -0.2) is 9.97 Å². The SMILES string of the molecule is Cc1csc(CN(C)c2cnn(-c3ccc(C(F)(F)F)cn3)c(=O)c2Cl)n1. The van der Waals surface area contributed by atoms with Gasteiger partial charge < -0.3 is 4.90 Å². The number of hydrogen-bond acceptors (Lipinski definition) is 6. The summed E-state index contributed by atoms with van der Waals surface area (Å²) >= 11 is 7.66. The lowest BCUT2D eigenvalue weighted by Crippen LogP contribution is -2.26. The highest BCUT2D eigenvalue weighted by atomic mass is 35.5. The second kappa shape index (κ2) is 7.28. The normalized spacial score (nSPS) is 11.6. The fourth-order valence-electron chi connectivity index (χ4n) is 2.30. The molecule has 0 aliphatic carbocycles. The van der Waals surface area contributed by atoms with Gasteiger partial charge in [0.05, 0.1) is 24.0 Å². The minimum atomic E-state index is -4.51. The Hall–Kier alpha value is -2.46. The fraction of sp³-hybridized carbons (Fsp3) is 0.250. The second-order valence-corrected chi connectivity index (χ2v) is 7.02. The van der Waals surface area contributed by atoms with Gasteiger partial charge in [0.2, 0.25) is 0 Å². The van der Waals surface area contributed by atoms with Gasteiger partial charge in [-0.2, -0.15) is 23.0 Å². The molecule has 142 valence electrons. The second-order valence-electron chi connectivity index (χ2n) is 5.70. The Morgan fingerprint density at radius 1 is 1.30 bits per heavy atom. The van der Waals surface area contributed by atoms with Crippen LogP contribution in [0.15, 0.2) is 34.7 Å². The molecule has 0 atom stereocenters. The molecule has 6 nitrogen and oxygen atoms in total. The van der Waals surface area contributed by atoms with Crippen LogP contribution < -0.4 is 10.5 Å². The van der Waals surface area contributed by atoms with E-state index in [1.165, 1.54) is 17.5 Å². The number of hydrogen-bond donors (Lipinski definition) is 0. The summed E-state index contributed by atoms with van der Waals surface area (Å²) < 4.78 is 38.8. The number of anilines is 1. The van der Waals surface area contributed by atoms with Crippen molar-refractivity contribution in [3.8, 4) is 5.82 Å². The Morgan fingerprint density at radius 2 is 2.04 bits per heavy atom. The molecule has 0 radical (unpaired) electrons. The van der Waals surface area contributed by atoms with Gasteiger partial charge in [0.1, 0.15) is 10.0 Å². The van der Waals surface area contributed by atoms with Crippen LogP contribution in [0.3, 0.4) is 0 Å². The first kappa shape index (κ1) is 19.3. The van der Waals surface area contributed by atoms with Gasteiger partial charge in [0.15, 0.2) is 5.82 Å². The summed E-state index contributed by atoms with van der Waals surface area (Å²) in [5, 5.41) is 6.64. The summed E-state index contributed by atoms with van der Waals surface area (Å²) in [4.78, 5) is 22.2. The van der Waals surface area contributed by atoms with Crippen molar-refractivity contribution in [3.05, 3.63) is 61.5 Å². The predicted octanol–water partition coefficient (Wildman–Crippen LogP) is 3.70. The zero-order chi connectivity index (χ0) is 19.8. The van der Waals surface area contributed by atoms with E-state index < -0.39 is 17.3 Å². The van der Waals surface area contributed by atoms with Crippen LogP contribution in [0.4, 0.5) is 18.9 Å². The molecule has 11 heteroatoms. The molecule has 0 unspecified atom stereocenters. The standard InChI is InChI=1S/C16H13ClF3N5OS/c1-9-8-27-13(23-9)7-24(2)11-6-22-25(15(26)14(11)17)12-4-3-10(5-21-12)16(18,19)20/h3-6,8H,7H2,1-2H3. The number of halogens is 4. The van der Waals surface area contributed by atoms with Crippen molar-refractivity contribution in [2.45, 2.75) is 19.6 Å². The summed E-state index contributed by atoms with van der Waals surface area (Å²) in [5.74, 6) is -0.0559. The molecule has 0 spiro atoms. The van der Waals surface area contributed by atoms with Crippen molar-refractivity contribution in [2.24, 2.45) is 0 Å². The highest BCUT2D eigenvalue weighted by Gasteiger charge is 2.30. The molecule has 0 amide bonds. The van der Waals surface area contributed by atoms with Crippen molar-refractivity contribution >= 4 is 28.6 Å². The predicted molar refractivity (Wildman–Crippen MR) is 96.6 cm³/mol. The summed E-state index contributed by atoms with van der Waals surface area (Å²) in [6.45, 7) is 2.31. The van der Waals surface area contributed by atoms with Crippen LogP contribution in [0.1, 0.15) is 16.3 Å². The van der Waals surface area contributed by atoms with E-state index in [9.17, 15) is 18.0 Å². The molecular formula is C16H13ClF3N5OS. The number of thiazole rings is 1. The molecule has 3 heterocycles. The van der Waals surface area contributed by atoms with Crippen molar-refractivity contribution in [3.63, 3.8) is 0 Å². The first-order chi connectivity index (χ1) is 12.7. The maximum atomic E-state index is 12.6. The summed E-state index contributed by atoms with van der Waals surface area (Å²) in [6, 6.07) is 1.89. The number of aromatic nitrogens is 4. The highest BCUT2D eigenvalue weighted by Crippen LogP contribution is 2.29. The first-order valence-electron chi connectivity index (χ1n) is 7.60. The first-order valence-corrected chi connectivity index (χ1v) is 8.86. The van der Waals surface area contributed by atoms with Gasteiger partial charge >= 0.3 is 6.18 Å². The van der Waals surface area contributed by atoms with E-state index in [4.69, 9.17) is 11.6 Å². The molecule has 3 rings (SSSR count). The van der Waals surface area contributed by atoms with E-state index in [0.717, 1.165) is 27.5 Å². The van der Waals surface area contributed by atoms with E-state index in [1.807, 2.05) is 12.3 Å². The molecule has 0 aliphatic heterocycles. The van der Waals surface area contributed by atoms with Crippen molar-refractivity contribution in [1.29, 1.82) is 0 Å². The maximum Gasteiger partial charge on any atom is 0.417 e. The fourth-order valence-corrected chi connectivity index (χ4v) is 3.39. The molecule has 3 aromatic rings. The van der Waals surface area contributed by atoms with Crippen molar-refractivity contribution in [2.75, 3.05) is 11.9 Å². The molecule has 3 aromatic heterocycles. The molecule has 0 N–H and O–H groups in total. The monoisotopic (exact) mass is 415 g/mol. The molecule has 27 heavy (non-hydrogen) atoms. The number of nitrogens with zero attached hydrogens (tertiary/aromatic N) is 5. The zero-order valence-electron chi connectivity index (χ0n) is 14.2. The van der Waals surface area contributed by atoms with Crippen LogP contribution in [-0.2, 0) is 12.7 Å². The number of pyridine rings is 1. The number of rotatable bonds is 4. The lowest BCUT2D eigenvalue weighted by molar-refractivity contribution is -0.137. The van der Waals surface area contributed by atoms with Crippen LogP contribution in [0.25, 0.3) is 5.82 Å². The summed E-state index contributed by atoms with van der Waals surface area (Å²) in [5.41, 5.74) is -0.307. The third kappa shape index (κ3) is 4.11. The Labute approximate surface area is 160 Å². The zero-order valence-corrected chi connectivity index (χ0v) is 15.7. The molecule has 0 fully saturated rings. The number of alkyl halides is 3. The summed E-state index contributed by atoms with van der Waals surface area (Å²) in [6.07, 6.45) is -2.51. The van der Waals surface area contributed by atoms with Crippen LogP contribution in [-0.4, -0.2) is 26.8 Å². The Morgan fingerprint density at radius 3 is 2.59 bits per heavy atom. The Kier molecular flexibility index (Phi) is 5.20. The van der Waals surface area contributed by atoms with E-state index in [-0.39, 0.29) is 10.8 Å². The summed E-state index contributed by atoms with van der Waals surface area (Å²) in [7, 11) is 1.74. The molecule has 0 saturated carbocycles. The lowest BCUT2D eigenvalue weighted by Gasteiger charge is -2.19. The third-order valence-electron chi connectivity index (χ3n) is 3.64. The minimum absolute atomic E-state index is 0.0559. The minimum Gasteiger partial charge on any atom is -0.365 e. The van der Waals surface area contributed by atoms with E-state index in [0.29, 0.717) is 18.4 Å². The van der Waals surface area contributed by atoms with Crippen LogP contribution in [0, 0.1) is 6.92 Å². The number of aryl methyl sites for hydroxylation is 1. The third-order valence-corrected chi connectivity index (χ3v) is 4.95. The van der Waals surface area contributed by atoms with Gasteiger partial charge in [-0.15, -0.1) is 11.3 Å². The van der Waals surface area contributed by atoms with Gasteiger partial charge in [-0.05, 0) is 19.1 Å². The van der Waals surface area contributed by atoms with Crippen LogP contribution in [0.5, 0.6) is 0 Å². The van der Waals surface area contributed by atoms with Crippen molar-refractivity contribution in [1.82, 2.24) is 19.7 Å². The van der Waals surface area contributed by atoms with Crippen LogP contribution >= 0.6 is 22.9 Å². The molecular weight excluding hydrogens is 403 g/mol. The molecule has 0 bridgehead atoms. The average Bonchev–Trinajstić information content (AvgIpc) is 3.01. The average molecular weight is 416 g/mol. The smallest absolute Gasteiger partial charge is 0.365 e. The largest absolute Gasteiger partial charge is 0.417 e. The molecule has 0 saturated heterocycles. The topological polar surface area (TPSA) is 63.9 Å². The van der Waals surface area contributed by atoms with E-state index in [2.05, 4.69) is 15.1 Å². The quantitative estimate of drug-likeness (QED) is 0.650. The van der Waals surface area contributed by atoms with E-state index >= 15 is 0 Å². The Bertz CT molecular complexity index is 1020. The van der Waals surface area contributed by atoms with Crippen molar-refractivity contribution < 1.29 is 13.2 Å². The molecule has 0 aromatic carbocycles. The Balaban J connectivity index is 1.89. The molecule has 0 aliphatic rings. The van der Waals surface area contributed by atoms with Crippen LogP contribution in [0.2, 0.25) is 5.02 Å². The highest BCUT2D eigenvalue weighted by molar-refractivity contribution is 7.09.